The van der Waals surface area contributed by atoms with Crippen molar-refractivity contribution in [3.63, 3.8) is 0 Å². The minimum absolute atomic E-state index is 0.236. The Morgan fingerprint density at radius 2 is 1.73 bits per heavy atom. The van der Waals surface area contributed by atoms with Gasteiger partial charge in [-0.1, -0.05) is 29.8 Å². The van der Waals surface area contributed by atoms with E-state index in [1.807, 2.05) is 37.3 Å². The van der Waals surface area contributed by atoms with Gasteiger partial charge in [-0.25, -0.2) is 4.39 Å². The number of benzene rings is 2. The van der Waals surface area contributed by atoms with E-state index in [2.05, 4.69) is 15.6 Å². The van der Waals surface area contributed by atoms with Crippen LogP contribution in [0.1, 0.15) is 21.6 Å². The smallest absolute Gasteiger partial charge is 0.274 e. The number of pyridine rings is 1. The number of aryl methyl sites for hydroxylation is 1. The minimum Gasteiger partial charge on any atom is -0.385 e. The first kappa shape index (κ1) is 17.6. The van der Waals surface area contributed by atoms with E-state index in [9.17, 15) is 9.18 Å². The zero-order valence-corrected chi connectivity index (χ0v) is 14.5. The highest BCUT2D eigenvalue weighted by Gasteiger charge is 2.08. The van der Waals surface area contributed by atoms with E-state index < -0.39 is 0 Å². The number of nitrogens with one attached hydrogen (secondary N) is 2. The summed E-state index contributed by atoms with van der Waals surface area (Å²) in [6, 6.07) is 17.6. The third-order valence-corrected chi connectivity index (χ3v) is 3.96. The summed E-state index contributed by atoms with van der Waals surface area (Å²) in [5.74, 6) is -0.490. The van der Waals surface area contributed by atoms with Crippen molar-refractivity contribution in [2.45, 2.75) is 13.3 Å². The summed E-state index contributed by atoms with van der Waals surface area (Å²) < 4.78 is 12.9. The molecule has 2 aromatic carbocycles. The van der Waals surface area contributed by atoms with Gasteiger partial charge in [0.05, 0.1) is 0 Å². The highest BCUT2D eigenvalue weighted by atomic mass is 19.1. The van der Waals surface area contributed by atoms with Crippen molar-refractivity contribution < 1.29 is 9.18 Å². The molecule has 0 unspecified atom stereocenters. The van der Waals surface area contributed by atoms with Crippen LogP contribution in [0.15, 0.2) is 66.9 Å². The van der Waals surface area contributed by atoms with Crippen molar-refractivity contribution in [2.75, 3.05) is 17.2 Å². The fourth-order valence-electron chi connectivity index (χ4n) is 2.50. The molecular formula is C21H20FN3O. The summed E-state index contributed by atoms with van der Waals surface area (Å²) >= 11 is 0. The van der Waals surface area contributed by atoms with E-state index in [1.54, 1.807) is 24.4 Å². The molecule has 0 aliphatic carbocycles. The number of carbonyl (C=O) groups excluding carboxylic acids is 1. The Labute approximate surface area is 152 Å². The largest absolute Gasteiger partial charge is 0.385 e. The van der Waals surface area contributed by atoms with E-state index in [-0.39, 0.29) is 11.7 Å². The molecule has 3 rings (SSSR count). The highest BCUT2D eigenvalue weighted by Crippen LogP contribution is 2.13. The predicted octanol–water partition coefficient (Wildman–Crippen LogP) is 4.44. The van der Waals surface area contributed by atoms with Crippen LogP contribution in [0.25, 0.3) is 0 Å². The topological polar surface area (TPSA) is 54.0 Å². The first-order valence-electron chi connectivity index (χ1n) is 8.42. The van der Waals surface area contributed by atoms with Crippen molar-refractivity contribution >= 4 is 17.3 Å². The fraction of sp³-hybridized carbons (Fsp3) is 0.143. The molecule has 0 bridgehead atoms. The molecule has 26 heavy (non-hydrogen) atoms. The standard InChI is InChI=1S/C21H20FN3O/c1-15-2-8-18(9-3-15)25-21(26)20-14-19(11-13-24-20)23-12-10-16-4-6-17(22)7-5-16/h2-9,11,13-14H,10,12H2,1H3,(H,23,24)(H,25,26). The maximum atomic E-state index is 12.9. The van der Waals surface area contributed by atoms with E-state index in [4.69, 9.17) is 0 Å². The second-order valence-electron chi connectivity index (χ2n) is 6.05. The Kier molecular flexibility index (Phi) is 5.59. The Morgan fingerprint density at radius 1 is 1.00 bits per heavy atom. The molecule has 1 aromatic heterocycles. The monoisotopic (exact) mass is 349 g/mol. The molecule has 0 aliphatic heterocycles. The number of rotatable bonds is 6. The number of hydrogen-bond donors (Lipinski definition) is 2. The lowest BCUT2D eigenvalue weighted by atomic mass is 10.1. The number of nitrogens with zero attached hydrogens (tertiary/aromatic N) is 1. The van der Waals surface area contributed by atoms with Gasteiger partial charge in [-0.15, -0.1) is 0 Å². The van der Waals surface area contributed by atoms with Gasteiger partial charge in [0.25, 0.3) is 5.91 Å². The summed E-state index contributed by atoms with van der Waals surface area (Å²) in [6.45, 7) is 2.67. The van der Waals surface area contributed by atoms with Gasteiger partial charge >= 0.3 is 0 Å². The maximum absolute atomic E-state index is 12.9. The molecule has 0 saturated heterocycles. The van der Waals surface area contributed by atoms with Crippen LogP contribution >= 0.6 is 0 Å². The predicted molar refractivity (Wildman–Crippen MR) is 102 cm³/mol. The van der Waals surface area contributed by atoms with Crippen LogP contribution in [0.2, 0.25) is 0 Å². The number of anilines is 2. The molecule has 2 N–H and O–H groups in total. The SMILES string of the molecule is Cc1ccc(NC(=O)c2cc(NCCc3ccc(F)cc3)ccn2)cc1. The first-order valence-corrected chi connectivity index (χ1v) is 8.42. The van der Waals surface area contributed by atoms with Crippen LogP contribution in [-0.4, -0.2) is 17.4 Å². The Morgan fingerprint density at radius 3 is 2.46 bits per heavy atom. The van der Waals surface area contributed by atoms with E-state index in [1.165, 1.54) is 12.1 Å². The van der Waals surface area contributed by atoms with Crippen molar-refractivity contribution in [1.82, 2.24) is 4.98 Å². The molecule has 0 aliphatic rings. The molecule has 0 atom stereocenters. The number of halogens is 1. The average molecular weight is 349 g/mol. The van der Waals surface area contributed by atoms with Gasteiger partial charge in [0.2, 0.25) is 0 Å². The number of hydrogen-bond acceptors (Lipinski definition) is 3. The normalized spacial score (nSPS) is 10.4. The van der Waals surface area contributed by atoms with Gasteiger partial charge in [-0.3, -0.25) is 9.78 Å². The Bertz CT molecular complexity index is 877. The molecule has 0 radical (unpaired) electrons. The molecule has 1 amide bonds. The van der Waals surface area contributed by atoms with Crippen LogP contribution in [0.4, 0.5) is 15.8 Å². The molecular weight excluding hydrogens is 329 g/mol. The molecule has 0 saturated carbocycles. The summed E-state index contributed by atoms with van der Waals surface area (Å²) in [7, 11) is 0. The van der Waals surface area contributed by atoms with Crippen molar-refractivity contribution in [3.8, 4) is 0 Å². The summed E-state index contributed by atoms with van der Waals surface area (Å²) in [6.07, 6.45) is 2.36. The zero-order chi connectivity index (χ0) is 18.4. The molecule has 1 heterocycles. The molecule has 5 heteroatoms. The number of carbonyl (C=O) groups is 1. The quantitative estimate of drug-likeness (QED) is 0.692. The molecule has 0 spiro atoms. The summed E-state index contributed by atoms with van der Waals surface area (Å²) in [5.41, 5.74) is 4.07. The lowest BCUT2D eigenvalue weighted by molar-refractivity contribution is 0.102. The second kappa shape index (κ2) is 8.25. The molecule has 0 fully saturated rings. The minimum atomic E-state index is -0.254. The lowest BCUT2D eigenvalue weighted by Crippen LogP contribution is -2.14. The first-order chi connectivity index (χ1) is 12.6. The van der Waals surface area contributed by atoms with Gasteiger partial charge < -0.3 is 10.6 Å². The molecule has 132 valence electrons. The number of aromatic nitrogens is 1. The Balaban J connectivity index is 1.57. The average Bonchev–Trinajstić information content (AvgIpc) is 2.65. The van der Waals surface area contributed by atoms with Crippen LogP contribution in [0, 0.1) is 12.7 Å². The summed E-state index contributed by atoms with van der Waals surface area (Å²) in [5, 5.41) is 6.10. The van der Waals surface area contributed by atoms with E-state index in [0.717, 1.165) is 28.9 Å². The summed E-state index contributed by atoms with van der Waals surface area (Å²) in [4.78, 5) is 16.5. The van der Waals surface area contributed by atoms with E-state index >= 15 is 0 Å². The van der Waals surface area contributed by atoms with Crippen molar-refractivity contribution in [1.29, 1.82) is 0 Å². The highest BCUT2D eigenvalue weighted by molar-refractivity contribution is 6.03. The van der Waals surface area contributed by atoms with Gasteiger partial charge in [0, 0.05) is 24.1 Å². The fourth-order valence-corrected chi connectivity index (χ4v) is 2.50. The Hall–Kier alpha value is -3.21. The second-order valence-corrected chi connectivity index (χ2v) is 6.05. The lowest BCUT2D eigenvalue weighted by Gasteiger charge is -2.09. The number of amides is 1. The van der Waals surface area contributed by atoms with Crippen molar-refractivity contribution in [3.05, 3.63) is 89.5 Å². The van der Waals surface area contributed by atoms with Crippen LogP contribution in [0.3, 0.4) is 0 Å². The molecule has 3 aromatic rings. The van der Waals surface area contributed by atoms with Crippen molar-refractivity contribution in [2.24, 2.45) is 0 Å². The third kappa shape index (κ3) is 4.89. The van der Waals surface area contributed by atoms with Crippen LogP contribution in [0.5, 0.6) is 0 Å². The maximum Gasteiger partial charge on any atom is 0.274 e. The molecule has 4 nitrogen and oxygen atoms in total. The van der Waals surface area contributed by atoms with Gasteiger partial charge in [0.1, 0.15) is 11.5 Å². The third-order valence-electron chi connectivity index (χ3n) is 3.96. The van der Waals surface area contributed by atoms with E-state index in [0.29, 0.717) is 12.2 Å². The van der Waals surface area contributed by atoms with Crippen LogP contribution in [-0.2, 0) is 6.42 Å². The zero-order valence-electron chi connectivity index (χ0n) is 14.5. The van der Waals surface area contributed by atoms with Crippen LogP contribution < -0.4 is 10.6 Å². The van der Waals surface area contributed by atoms with Gasteiger partial charge in [-0.05, 0) is 55.3 Å². The van der Waals surface area contributed by atoms with Gasteiger partial charge in [-0.2, -0.15) is 0 Å². The van der Waals surface area contributed by atoms with Gasteiger partial charge in [0.15, 0.2) is 0 Å².